The lowest BCUT2D eigenvalue weighted by Crippen LogP contribution is -2.08. The van der Waals surface area contributed by atoms with Crippen LogP contribution in [0.4, 0.5) is 23.2 Å². The molecule has 112 valence electrons. The van der Waals surface area contributed by atoms with Crippen LogP contribution < -0.4 is 10.5 Å². The molecular weight excluding hydrogens is 354 g/mol. The first kappa shape index (κ1) is 15.6. The van der Waals surface area contributed by atoms with Gasteiger partial charge in [-0.15, -0.1) is 0 Å². The monoisotopic (exact) mass is 363 g/mol. The first-order chi connectivity index (χ1) is 9.77. The minimum atomic E-state index is -4.76. The van der Waals surface area contributed by atoms with E-state index in [1.165, 1.54) is 0 Å². The molecule has 0 aromatic heterocycles. The maximum atomic E-state index is 13.1. The zero-order valence-corrected chi connectivity index (χ0v) is 12.1. The minimum absolute atomic E-state index is 0.0119. The van der Waals surface area contributed by atoms with Crippen LogP contribution in [0.15, 0.2) is 40.9 Å². The van der Waals surface area contributed by atoms with Crippen molar-refractivity contribution in [1.82, 2.24) is 0 Å². The smallest absolute Gasteiger partial charge is 0.419 e. The number of hydrogen-bond acceptors (Lipinski definition) is 2. The molecule has 2 N–H and O–H groups in total. The second kappa shape index (κ2) is 5.93. The average Bonchev–Trinajstić information content (AvgIpc) is 2.38. The van der Waals surface area contributed by atoms with E-state index in [0.29, 0.717) is 17.3 Å². The summed E-state index contributed by atoms with van der Waals surface area (Å²) in [6.07, 6.45) is -4.76. The maximum Gasteiger partial charge on any atom is 0.419 e. The van der Waals surface area contributed by atoms with Crippen molar-refractivity contribution in [2.45, 2.75) is 12.8 Å². The molecule has 2 aromatic rings. The first-order valence-electron chi connectivity index (χ1n) is 5.81. The SMILES string of the molecule is Nc1cc(Br)ccc1COc1ccc(F)c(C(F)(F)F)c1. The van der Waals surface area contributed by atoms with Gasteiger partial charge in [0.2, 0.25) is 0 Å². The number of benzene rings is 2. The molecule has 0 aliphatic rings. The molecule has 0 saturated carbocycles. The third-order valence-electron chi connectivity index (χ3n) is 2.75. The topological polar surface area (TPSA) is 35.2 Å². The van der Waals surface area contributed by atoms with E-state index in [-0.39, 0.29) is 12.4 Å². The molecule has 0 aliphatic carbocycles. The Balaban J connectivity index is 2.17. The van der Waals surface area contributed by atoms with Gasteiger partial charge in [-0.2, -0.15) is 13.2 Å². The molecule has 0 radical (unpaired) electrons. The van der Waals surface area contributed by atoms with E-state index < -0.39 is 17.6 Å². The number of alkyl halides is 3. The fourth-order valence-electron chi connectivity index (χ4n) is 1.67. The summed E-state index contributed by atoms with van der Waals surface area (Å²) in [6.45, 7) is -0.0119. The van der Waals surface area contributed by atoms with Crippen LogP contribution in [0.1, 0.15) is 11.1 Å². The Morgan fingerprint density at radius 3 is 2.43 bits per heavy atom. The van der Waals surface area contributed by atoms with Gasteiger partial charge in [0, 0.05) is 15.7 Å². The molecule has 2 aromatic carbocycles. The van der Waals surface area contributed by atoms with Crippen molar-refractivity contribution in [2.24, 2.45) is 0 Å². The van der Waals surface area contributed by atoms with E-state index in [1.54, 1.807) is 18.2 Å². The molecule has 0 bridgehead atoms. The Bertz CT molecular complexity index is 658. The molecule has 0 fully saturated rings. The van der Waals surface area contributed by atoms with E-state index in [2.05, 4.69) is 15.9 Å². The molecule has 0 aliphatic heterocycles. The number of hydrogen-bond donors (Lipinski definition) is 1. The molecular formula is C14H10BrF4NO. The lowest BCUT2D eigenvalue weighted by Gasteiger charge is -2.12. The summed E-state index contributed by atoms with van der Waals surface area (Å²) < 4.78 is 56.9. The molecule has 0 saturated heterocycles. The van der Waals surface area contributed by atoms with Crippen molar-refractivity contribution in [3.8, 4) is 5.75 Å². The Hall–Kier alpha value is -1.76. The standard InChI is InChI=1S/C14H10BrF4NO/c15-9-2-1-8(13(20)5-9)7-21-10-3-4-12(16)11(6-10)14(17,18)19/h1-6H,7,20H2. The Kier molecular flexibility index (Phi) is 4.41. The van der Waals surface area contributed by atoms with Crippen molar-refractivity contribution < 1.29 is 22.3 Å². The Labute approximate surface area is 126 Å². The molecule has 2 nitrogen and oxygen atoms in total. The predicted octanol–water partition coefficient (Wildman–Crippen LogP) is 4.77. The van der Waals surface area contributed by atoms with E-state index in [1.807, 2.05) is 0 Å². The first-order valence-corrected chi connectivity index (χ1v) is 6.60. The lowest BCUT2D eigenvalue weighted by atomic mass is 10.2. The summed E-state index contributed by atoms with van der Waals surface area (Å²) in [4.78, 5) is 0. The highest BCUT2D eigenvalue weighted by atomic mass is 79.9. The highest BCUT2D eigenvalue weighted by molar-refractivity contribution is 9.10. The third-order valence-corrected chi connectivity index (χ3v) is 3.24. The van der Waals surface area contributed by atoms with Gasteiger partial charge >= 0.3 is 6.18 Å². The lowest BCUT2D eigenvalue weighted by molar-refractivity contribution is -0.140. The van der Waals surface area contributed by atoms with Crippen LogP contribution >= 0.6 is 15.9 Å². The quantitative estimate of drug-likeness (QED) is 0.629. The van der Waals surface area contributed by atoms with Crippen LogP contribution in [0, 0.1) is 5.82 Å². The highest BCUT2D eigenvalue weighted by Crippen LogP contribution is 2.33. The van der Waals surface area contributed by atoms with E-state index in [9.17, 15) is 17.6 Å². The molecule has 0 unspecified atom stereocenters. The van der Waals surface area contributed by atoms with Gasteiger partial charge in [-0.05, 0) is 30.3 Å². The molecule has 0 atom stereocenters. The number of rotatable bonds is 3. The van der Waals surface area contributed by atoms with Crippen LogP contribution in [0.2, 0.25) is 0 Å². The van der Waals surface area contributed by atoms with Gasteiger partial charge < -0.3 is 10.5 Å². The van der Waals surface area contributed by atoms with Gasteiger partial charge in [-0.3, -0.25) is 0 Å². The van der Waals surface area contributed by atoms with Crippen LogP contribution in [-0.2, 0) is 12.8 Å². The fraction of sp³-hybridized carbons (Fsp3) is 0.143. The molecule has 0 heterocycles. The number of nitrogen functional groups attached to an aromatic ring is 1. The van der Waals surface area contributed by atoms with Gasteiger partial charge in [0.25, 0.3) is 0 Å². The van der Waals surface area contributed by atoms with Crippen molar-refractivity contribution in [1.29, 1.82) is 0 Å². The normalized spacial score (nSPS) is 11.5. The number of halogens is 5. The number of nitrogens with two attached hydrogens (primary N) is 1. The van der Waals surface area contributed by atoms with Crippen LogP contribution in [-0.4, -0.2) is 0 Å². The third kappa shape index (κ3) is 3.87. The zero-order valence-electron chi connectivity index (χ0n) is 10.5. The van der Waals surface area contributed by atoms with Crippen LogP contribution in [0.3, 0.4) is 0 Å². The second-order valence-electron chi connectivity index (χ2n) is 4.27. The average molecular weight is 364 g/mol. The Morgan fingerprint density at radius 2 is 1.81 bits per heavy atom. The minimum Gasteiger partial charge on any atom is -0.489 e. The predicted molar refractivity (Wildman–Crippen MR) is 74.3 cm³/mol. The summed E-state index contributed by atoms with van der Waals surface area (Å²) in [5.74, 6) is -1.41. The Morgan fingerprint density at radius 1 is 1.10 bits per heavy atom. The summed E-state index contributed by atoms with van der Waals surface area (Å²) in [5.41, 5.74) is 5.47. The highest BCUT2D eigenvalue weighted by Gasteiger charge is 2.34. The zero-order chi connectivity index (χ0) is 15.6. The van der Waals surface area contributed by atoms with E-state index in [0.717, 1.165) is 16.6 Å². The summed E-state index contributed by atoms with van der Waals surface area (Å²) >= 11 is 3.24. The van der Waals surface area contributed by atoms with Crippen molar-refractivity contribution in [2.75, 3.05) is 5.73 Å². The number of ether oxygens (including phenoxy) is 1. The molecule has 21 heavy (non-hydrogen) atoms. The maximum absolute atomic E-state index is 13.1. The van der Waals surface area contributed by atoms with Gasteiger partial charge in [0.15, 0.2) is 0 Å². The fourth-order valence-corrected chi connectivity index (χ4v) is 2.05. The summed E-state index contributed by atoms with van der Waals surface area (Å²) in [5, 5.41) is 0. The molecule has 7 heteroatoms. The van der Waals surface area contributed by atoms with E-state index >= 15 is 0 Å². The second-order valence-corrected chi connectivity index (χ2v) is 5.19. The van der Waals surface area contributed by atoms with Crippen molar-refractivity contribution in [3.05, 3.63) is 57.8 Å². The summed E-state index contributed by atoms with van der Waals surface area (Å²) in [7, 11) is 0. The van der Waals surface area contributed by atoms with E-state index in [4.69, 9.17) is 10.5 Å². The summed E-state index contributed by atoms with van der Waals surface area (Å²) in [6, 6.07) is 7.58. The van der Waals surface area contributed by atoms with Gasteiger partial charge in [-0.25, -0.2) is 4.39 Å². The van der Waals surface area contributed by atoms with Gasteiger partial charge in [-0.1, -0.05) is 22.0 Å². The number of anilines is 1. The van der Waals surface area contributed by atoms with Crippen molar-refractivity contribution in [3.63, 3.8) is 0 Å². The van der Waals surface area contributed by atoms with Crippen LogP contribution in [0.5, 0.6) is 5.75 Å². The van der Waals surface area contributed by atoms with Gasteiger partial charge in [0.05, 0.1) is 5.56 Å². The van der Waals surface area contributed by atoms with Crippen molar-refractivity contribution >= 4 is 21.6 Å². The molecule has 0 spiro atoms. The van der Waals surface area contributed by atoms with Gasteiger partial charge in [0.1, 0.15) is 18.2 Å². The molecule has 2 rings (SSSR count). The van der Waals surface area contributed by atoms with Crippen LogP contribution in [0.25, 0.3) is 0 Å². The molecule has 0 amide bonds. The largest absolute Gasteiger partial charge is 0.489 e.